The lowest BCUT2D eigenvalue weighted by Crippen LogP contribution is -2.31. The fourth-order valence-electron chi connectivity index (χ4n) is 11.3. The summed E-state index contributed by atoms with van der Waals surface area (Å²) in [5.74, 6) is 0.410. The highest BCUT2D eigenvalue weighted by Crippen LogP contribution is 2.58. The molecule has 310 valence electrons. The number of nitrogens with zero attached hydrogens (tertiary/aromatic N) is 1. The molecular weight excluding hydrogens is 759 g/mol. The van der Waals surface area contributed by atoms with Gasteiger partial charge in [-0.2, -0.15) is 0 Å². The van der Waals surface area contributed by atoms with Crippen molar-refractivity contribution in [2.24, 2.45) is 0 Å². The van der Waals surface area contributed by atoms with E-state index in [1.165, 1.54) is 77.1 Å². The zero-order valence-electron chi connectivity index (χ0n) is 36.8. The maximum atomic E-state index is 3.97. The van der Waals surface area contributed by atoms with Gasteiger partial charge in [-0.15, -0.1) is 6.58 Å². The molecule has 0 bridgehead atoms. The van der Waals surface area contributed by atoms with E-state index in [0.717, 1.165) is 44.9 Å². The van der Waals surface area contributed by atoms with Crippen molar-refractivity contribution in [1.82, 2.24) is 0 Å². The van der Waals surface area contributed by atoms with Crippen LogP contribution in [0.25, 0.3) is 49.5 Å². The van der Waals surface area contributed by atoms with Crippen LogP contribution in [0.5, 0.6) is 0 Å². The number of hydrogen-bond donors (Lipinski definition) is 0. The quantitative estimate of drug-likeness (QED) is 0.105. The van der Waals surface area contributed by atoms with Gasteiger partial charge < -0.3 is 4.90 Å². The van der Waals surface area contributed by atoms with E-state index >= 15 is 0 Å². The second-order valence-electron chi connectivity index (χ2n) is 17.7. The van der Waals surface area contributed by atoms with E-state index < -0.39 is 0 Å². The molecule has 0 radical (unpaired) electrons. The Morgan fingerprint density at radius 3 is 2.17 bits per heavy atom. The van der Waals surface area contributed by atoms with E-state index in [2.05, 4.69) is 219 Å². The molecule has 0 aliphatic heterocycles. The van der Waals surface area contributed by atoms with Crippen LogP contribution < -0.4 is 4.90 Å². The Morgan fingerprint density at radius 2 is 1.43 bits per heavy atom. The minimum atomic E-state index is -0.149. The van der Waals surface area contributed by atoms with E-state index in [-0.39, 0.29) is 11.5 Å². The van der Waals surface area contributed by atoms with Gasteiger partial charge in [0.15, 0.2) is 0 Å². The highest BCUT2D eigenvalue weighted by atomic mass is 15.2. The van der Waals surface area contributed by atoms with E-state index in [0.29, 0.717) is 5.92 Å². The fraction of sp³-hybridized carbons (Fsp3) is 0.194. The minimum absolute atomic E-state index is 0.149. The molecule has 10 rings (SSSR count). The molecule has 1 heteroatoms. The summed E-state index contributed by atoms with van der Waals surface area (Å²) in [6.07, 6.45) is 20.9. The Morgan fingerprint density at radius 1 is 0.730 bits per heavy atom. The number of benzene rings is 8. The average Bonchev–Trinajstić information content (AvgIpc) is 3.70. The number of fused-ring (bicyclic) bond motifs is 5. The molecule has 8 aromatic carbocycles. The highest BCUT2D eigenvalue weighted by Gasteiger charge is 2.48. The first-order valence-corrected chi connectivity index (χ1v) is 23.2. The summed E-state index contributed by atoms with van der Waals surface area (Å²) in [5, 5.41) is 7.89. The summed E-state index contributed by atoms with van der Waals surface area (Å²) >= 11 is 0. The van der Waals surface area contributed by atoms with Crippen molar-refractivity contribution in [3.05, 3.63) is 234 Å². The number of anilines is 2. The topological polar surface area (TPSA) is 3.24 Å². The molecule has 2 aliphatic rings. The third kappa shape index (κ3) is 7.34. The molecular formula is C62H57N. The average molecular weight is 816 g/mol. The van der Waals surface area contributed by atoms with Gasteiger partial charge in [-0.25, -0.2) is 0 Å². The molecule has 8 aromatic rings. The lowest BCUT2D eigenvalue weighted by molar-refractivity contribution is 0.459. The van der Waals surface area contributed by atoms with Crippen LogP contribution in [0.15, 0.2) is 206 Å². The summed E-state index contributed by atoms with van der Waals surface area (Å²) in [6, 6.07) is 62.1. The first-order chi connectivity index (χ1) is 31.1. The van der Waals surface area contributed by atoms with Crippen LogP contribution in [0.3, 0.4) is 0 Å². The van der Waals surface area contributed by atoms with E-state index in [1.54, 1.807) is 11.1 Å². The van der Waals surface area contributed by atoms with Crippen LogP contribution in [-0.4, -0.2) is 6.04 Å². The predicted octanol–water partition coefficient (Wildman–Crippen LogP) is 17.2. The molecule has 0 aromatic heterocycles. The molecule has 0 saturated heterocycles. The van der Waals surface area contributed by atoms with Crippen LogP contribution in [0, 0.1) is 6.92 Å². The SMILES string of the molecule is C=CC/C=C\c1c(-c2ccc(N(c3cccc4ccccc34)C(CC)CCC3CC(C4=CC=CCC4)(c4ccccc4)c4ccc5ccccc5c43)cc2)cc2ccccc2c1C. The Hall–Kier alpha value is -6.70. The summed E-state index contributed by atoms with van der Waals surface area (Å²) < 4.78 is 0. The maximum Gasteiger partial charge on any atom is 0.0493 e. The zero-order chi connectivity index (χ0) is 42.8. The van der Waals surface area contributed by atoms with Gasteiger partial charge in [0.25, 0.3) is 0 Å². The second kappa shape index (κ2) is 17.6. The molecule has 3 atom stereocenters. The van der Waals surface area contributed by atoms with E-state index in [4.69, 9.17) is 0 Å². The van der Waals surface area contributed by atoms with Crippen LogP contribution in [0.1, 0.15) is 85.6 Å². The Bertz CT molecular complexity index is 3030. The largest absolute Gasteiger partial charge is 0.338 e. The van der Waals surface area contributed by atoms with Crippen LogP contribution in [0.2, 0.25) is 0 Å². The van der Waals surface area contributed by atoms with Gasteiger partial charge in [-0.3, -0.25) is 0 Å². The monoisotopic (exact) mass is 815 g/mol. The lowest BCUT2D eigenvalue weighted by Gasteiger charge is -2.36. The third-order valence-corrected chi connectivity index (χ3v) is 14.3. The van der Waals surface area contributed by atoms with Gasteiger partial charge in [-0.1, -0.05) is 188 Å². The molecule has 0 saturated carbocycles. The van der Waals surface area contributed by atoms with Gasteiger partial charge in [0, 0.05) is 28.2 Å². The van der Waals surface area contributed by atoms with Crippen molar-refractivity contribution in [3.63, 3.8) is 0 Å². The lowest BCUT2D eigenvalue weighted by atomic mass is 9.67. The predicted molar refractivity (Wildman–Crippen MR) is 272 cm³/mol. The molecule has 3 unspecified atom stereocenters. The van der Waals surface area contributed by atoms with Gasteiger partial charge in [0.2, 0.25) is 0 Å². The number of aryl methyl sites for hydroxylation is 1. The zero-order valence-corrected chi connectivity index (χ0v) is 36.8. The van der Waals surface area contributed by atoms with Crippen molar-refractivity contribution in [1.29, 1.82) is 0 Å². The molecule has 0 spiro atoms. The molecule has 63 heavy (non-hydrogen) atoms. The van der Waals surface area contributed by atoms with Crippen molar-refractivity contribution >= 4 is 49.8 Å². The number of rotatable bonds is 13. The molecule has 2 aliphatic carbocycles. The van der Waals surface area contributed by atoms with Crippen LogP contribution in [0.4, 0.5) is 11.4 Å². The van der Waals surface area contributed by atoms with Crippen LogP contribution >= 0.6 is 0 Å². The van der Waals surface area contributed by atoms with E-state index in [9.17, 15) is 0 Å². The summed E-state index contributed by atoms with van der Waals surface area (Å²) in [5.41, 5.74) is 13.5. The molecule has 0 amide bonds. The first kappa shape index (κ1) is 40.4. The van der Waals surface area contributed by atoms with Crippen molar-refractivity contribution in [2.45, 2.75) is 76.2 Å². The normalized spacial score (nSPS) is 17.6. The Balaban J connectivity index is 1.07. The van der Waals surface area contributed by atoms with Crippen LogP contribution in [-0.2, 0) is 5.41 Å². The maximum absolute atomic E-state index is 3.97. The van der Waals surface area contributed by atoms with Gasteiger partial charge >= 0.3 is 0 Å². The standard InChI is InChI=1S/C62H57N/c1-4-6-9-30-55-44(3)54-29-17-16-23-48(54)42-58(55)47-34-39-53(40-35-47)63(60-33-20-24-45-21-14-18-31-56(45)60)52(5-2)38-36-49-43-62(50-25-10-7-11-26-50,51-27-12-8-13-28-51)59-41-37-46-22-15-19-32-57(46)61(49)59/h4,7-12,14-27,29-35,37,39-42,49,52H,1,5-6,13,28,36,38,43H2,2-3H3/b30-9-. The second-order valence-corrected chi connectivity index (χ2v) is 17.7. The summed E-state index contributed by atoms with van der Waals surface area (Å²) in [7, 11) is 0. The first-order valence-electron chi connectivity index (χ1n) is 23.2. The molecule has 0 heterocycles. The van der Waals surface area contributed by atoms with E-state index in [1.807, 2.05) is 6.08 Å². The summed E-state index contributed by atoms with van der Waals surface area (Å²) in [4.78, 5) is 2.68. The number of allylic oxidation sites excluding steroid dienone is 6. The molecule has 0 fully saturated rings. The van der Waals surface area contributed by atoms with Gasteiger partial charge in [0.05, 0.1) is 0 Å². The highest BCUT2D eigenvalue weighted by molar-refractivity contribution is 5.98. The third-order valence-electron chi connectivity index (χ3n) is 14.3. The Labute approximate surface area is 374 Å². The van der Waals surface area contributed by atoms with Gasteiger partial charge in [-0.05, 0) is 148 Å². The van der Waals surface area contributed by atoms with Gasteiger partial charge in [0.1, 0.15) is 0 Å². The number of hydrogen-bond acceptors (Lipinski definition) is 1. The van der Waals surface area contributed by atoms with Crippen molar-refractivity contribution < 1.29 is 0 Å². The summed E-state index contributed by atoms with van der Waals surface area (Å²) in [6.45, 7) is 8.63. The fourth-order valence-corrected chi connectivity index (χ4v) is 11.3. The van der Waals surface area contributed by atoms with Crippen molar-refractivity contribution in [2.75, 3.05) is 4.90 Å². The molecule has 1 nitrogen and oxygen atoms in total. The van der Waals surface area contributed by atoms with Crippen molar-refractivity contribution in [3.8, 4) is 11.1 Å². The smallest absolute Gasteiger partial charge is 0.0493 e. The molecule has 0 N–H and O–H groups in total. The Kier molecular flexibility index (Phi) is 11.3. The minimum Gasteiger partial charge on any atom is -0.338 e.